The summed E-state index contributed by atoms with van der Waals surface area (Å²) in [4.78, 5) is 11.5. The first-order valence-electron chi connectivity index (χ1n) is 9.03. The van der Waals surface area contributed by atoms with Crippen LogP contribution in [0.1, 0.15) is 6.42 Å². The summed E-state index contributed by atoms with van der Waals surface area (Å²) in [6.45, 7) is -0.979. The SMILES string of the molecule is O=C(O)C1OC(O)C(OS(=O)(=O)O)[C@@H](O)[C@H]1O[C@@H]1OC(COS(=O)(=O)O)C[C@H](O)C1NS(=O)(=O)O. The second kappa shape index (κ2) is 11.1. The lowest BCUT2D eigenvalue weighted by Crippen LogP contribution is -2.65. The normalized spacial score (nSPS) is 37.1. The third-order valence-corrected chi connectivity index (χ3v) is 6.00. The molecule has 206 valence electrons. The van der Waals surface area contributed by atoms with E-state index < -0.39 is 105 Å². The van der Waals surface area contributed by atoms with Crippen molar-refractivity contribution in [2.24, 2.45) is 0 Å². The van der Waals surface area contributed by atoms with Crippen LogP contribution in [0.15, 0.2) is 0 Å². The minimum Gasteiger partial charge on any atom is -0.479 e. The highest BCUT2D eigenvalue weighted by molar-refractivity contribution is 7.83. The molecule has 9 atom stereocenters. The van der Waals surface area contributed by atoms with Crippen molar-refractivity contribution in [1.29, 1.82) is 0 Å². The summed E-state index contributed by atoms with van der Waals surface area (Å²) in [5, 5.41) is 39.8. The van der Waals surface area contributed by atoms with Gasteiger partial charge in [-0.3, -0.25) is 13.7 Å². The molecular formula is C12H21NO19S3. The largest absolute Gasteiger partial charge is 0.479 e. The lowest BCUT2D eigenvalue weighted by molar-refractivity contribution is -0.322. The van der Waals surface area contributed by atoms with Gasteiger partial charge in [0.05, 0.1) is 18.8 Å². The Bertz CT molecular complexity index is 1070. The minimum atomic E-state index is -5.35. The molecule has 20 nitrogen and oxygen atoms in total. The van der Waals surface area contributed by atoms with Crippen molar-refractivity contribution in [3.05, 3.63) is 0 Å². The first kappa shape index (κ1) is 30.1. The molecule has 2 heterocycles. The molecule has 2 aliphatic heterocycles. The summed E-state index contributed by atoms with van der Waals surface area (Å²) in [6, 6.07) is -1.96. The fourth-order valence-electron chi connectivity index (χ4n) is 3.21. The first-order chi connectivity index (χ1) is 15.8. The van der Waals surface area contributed by atoms with Gasteiger partial charge in [-0.2, -0.15) is 30.0 Å². The Labute approximate surface area is 197 Å². The molecule has 0 aliphatic carbocycles. The molecule has 0 amide bonds. The van der Waals surface area contributed by atoms with E-state index >= 15 is 0 Å². The van der Waals surface area contributed by atoms with Crippen molar-refractivity contribution in [3.63, 3.8) is 0 Å². The van der Waals surface area contributed by atoms with E-state index in [1.54, 1.807) is 0 Å². The van der Waals surface area contributed by atoms with Gasteiger partial charge in [0.15, 0.2) is 24.8 Å². The van der Waals surface area contributed by atoms with Crippen molar-refractivity contribution in [2.45, 2.75) is 61.7 Å². The summed E-state index contributed by atoms with van der Waals surface area (Å²) >= 11 is 0. The van der Waals surface area contributed by atoms with E-state index in [0.29, 0.717) is 0 Å². The molecule has 23 heteroatoms. The van der Waals surface area contributed by atoms with E-state index in [0.717, 1.165) is 0 Å². The summed E-state index contributed by atoms with van der Waals surface area (Å²) in [7, 11) is -15.5. The number of aliphatic hydroxyl groups is 3. The third-order valence-electron chi connectivity index (χ3n) is 4.53. The topological polar surface area (TPSA) is 319 Å². The maximum atomic E-state index is 11.5. The molecule has 2 rings (SSSR count). The highest BCUT2D eigenvalue weighted by Gasteiger charge is 2.53. The molecule has 2 aliphatic rings. The molecule has 0 saturated carbocycles. The zero-order chi connectivity index (χ0) is 26.9. The Hall–Kier alpha value is -1.16. The Morgan fingerprint density at radius 1 is 0.943 bits per heavy atom. The van der Waals surface area contributed by atoms with Crippen LogP contribution in [0.5, 0.6) is 0 Å². The highest BCUT2D eigenvalue weighted by atomic mass is 32.3. The maximum Gasteiger partial charge on any atom is 0.397 e. The highest BCUT2D eigenvalue weighted by Crippen LogP contribution is 2.30. The number of ether oxygens (including phenoxy) is 3. The van der Waals surface area contributed by atoms with Crippen LogP contribution in [0.3, 0.4) is 0 Å². The van der Waals surface area contributed by atoms with E-state index in [1.165, 1.54) is 4.72 Å². The van der Waals surface area contributed by atoms with Crippen LogP contribution < -0.4 is 4.72 Å². The summed E-state index contributed by atoms with van der Waals surface area (Å²) in [5.41, 5.74) is 0. The van der Waals surface area contributed by atoms with Crippen LogP contribution in [-0.4, -0.2) is 127 Å². The summed E-state index contributed by atoms with van der Waals surface area (Å²) in [6.07, 6.45) is -18.0. The van der Waals surface area contributed by atoms with Gasteiger partial charge in [0.1, 0.15) is 18.2 Å². The van der Waals surface area contributed by atoms with E-state index in [2.05, 4.69) is 13.1 Å². The van der Waals surface area contributed by atoms with Gasteiger partial charge in [-0.1, -0.05) is 0 Å². The molecule has 0 bridgehead atoms. The van der Waals surface area contributed by atoms with Crippen LogP contribution in [0.4, 0.5) is 0 Å². The molecule has 0 spiro atoms. The fourth-order valence-corrected chi connectivity index (χ4v) is 4.63. The Kier molecular flexibility index (Phi) is 9.51. The van der Waals surface area contributed by atoms with E-state index in [1.807, 2.05) is 0 Å². The van der Waals surface area contributed by atoms with Crippen LogP contribution >= 0.6 is 0 Å². The zero-order valence-corrected chi connectivity index (χ0v) is 19.3. The van der Waals surface area contributed by atoms with Crippen LogP contribution in [-0.2, 0) is 58.5 Å². The number of aliphatic hydroxyl groups excluding tert-OH is 3. The van der Waals surface area contributed by atoms with Gasteiger partial charge in [-0.05, 0) is 0 Å². The van der Waals surface area contributed by atoms with Crippen LogP contribution in [0, 0.1) is 0 Å². The lowest BCUT2D eigenvalue weighted by atomic mass is 9.97. The monoisotopic (exact) mass is 579 g/mol. The molecule has 0 aromatic carbocycles. The Morgan fingerprint density at radius 3 is 2.03 bits per heavy atom. The van der Waals surface area contributed by atoms with Gasteiger partial charge in [0.25, 0.3) is 0 Å². The van der Waals surface area contributed by atoms with Crippen molar-refractivity contribution in [3.8, 4) is 0 Å². The molecule has 5 unspecified atom stereocenters. The number of rotatable bonds is 10. The van der Waals surface area contributed by atoms with Crippen LogP contribution in [0.2, 0.25) is 0 Å². The first-order valence-corrected chi connectivity index (χ1v) is 13.2. The van der Waals surface area contributed by atoms with Gasteiger partial charge in [0.2, 0.25) is 0 Å². The quantitative estimate of drug-likeness (QED) is 0.112. The number of carbonyl (C=O) groups is 1. The van der Waals surface area contributed by atoms with Gasteiger partial charge in [-0.25, -0.2) is 13.2 Å². The zero-order valence-electron chi connectivity index (χ0n) is 16.9. The Balaban J connectivity index is 2.38. The fraction of sp³-hybridized carbons (Fsp3) is 0.917. The lowest BCUT2D eigenvalue weighted by Gasteiger charge is -2.44. The summed E-state index contributed by atoms with van der Waals surface area (Å²) < 4.78 is 117. The molecule has 0 radical (unpaired) electrons. The van der Waals surface area contributed by atoms with Crippen LogP contribution in [0.25, 0.3) is 0 Å². The molecule has 0 aromatic heterocycles. The van der Waals surface area contributed by atoms with Crippen molar-refractivity contribution >= 4 is 37.1 Å². The minimum absolute atomic E-state index is 0.595. The molecule has 35 heavy (non-hydrogen) atoms. The van der Waals surface area contributed by atoms with Gasteiger partial charge in [0, 0.05) is 6.42 Å². The second-order valence-electron chi connectivity index (χ2n) is 7.13. The van der Waals surface area contributed by atoms with Crippen molar-refractivity contribution in [2.75, 3.05) is 6.61 Å². The summed E-state index contributed by atoms with van der Waals surface area (Å²) in [5.74, 6) is -1.92. The smallest absolute Gasteiger partial charge is 0.397 e. The maximum absolute atomic E-state index is 11.5. The average molecular weight is 579 g/mol. The van der Waals surface area contributed by atoms with Gasteiger partial charge >= 0.3 is 37.1 Å². The third kappa shape index (κ3) is 9.02. The van der Waals surface area contributed by atoms with Crippen molar-refractivity contribution < 1.29 is 86.7 Å². The van der Waals surface area contributed by atoms with Crippen molar-refractivity contribution in [1.82, 2.24) is 4.72 Å². The molecule has 8 N–H and O–H groups in total. The second-order valence-corrected chi connectivity index (χ2v) is 10.5. The Morgan fingerprint density at radius 2 is 1.54 bits per heavy atom. The number of aliphatic carboxylic acids is 1. The molecular weight excluding hydrogens is 558 g/mol. The molecule has 2 fully saturated rings. The predicted molar refractivity (Wildman–Crippen MR) is 101 cm³/mol. The number of hydrogen-bond donors (Lipinski definition) is 8. The predicted octanol–water partition coefficient (Wildman–Crippen LogP) is -5.22. The molecule has 2 saturated heterocycles. The standard InChI is InChI=1S/C12H21NO19S3/c14-4-1-3(2-28-34(22,23)24)29-12(5(4)13-33(19,20)21)31-7-6(15)8(32-35(25,26)27)11(18)30-9(7)10(16)17/h3-9,11-15,18H,1-2H2,(H,16,17)(H,19,20,21)(H,22,23,24)(H,25,26,27)/t3?,4-,5?,6-,7+,8?,9?,11?,12-/m0/s1. The average Bonchev–Trinajstić information content (AvgIpc) is 2.65. The van der Waals surface area contributed by atoms with Gasteiger partial charge < -0.3 is 34.6 Å². The number of hydrogen-bond acceptors (Lipinski definition) is 15. The molecule has 0 aromatic rings. The number of nitrogens with one attached hydrogen (secondary N) is 1. The number of carboxylic acids is 1. The van der Waals surface area contributed by atoms with E-state index in [4.69, 9.17) is 23.1 Å². The number of carboxylic acid groups (broad SMARTS) is 1. The van der Waals surface area contributed by atoms with E-state index in [9.17, 15) is 50.5 Å². The van der Waals surface area contributed by atoms with Gasteiger partial charge in [-0.15, -0.1) is 0 Å². The van der Waals surface area contributed by atoms with E-state index in [-0.39, 0.29) is 0 Å².